The average molecular weight is 420 g/mol. The van der Waals surface area contributed by atoms with Crippen LogP contribution in [-0.2, 0) is 16.1 Å². The molecule has 162 valence electrons. The van der Waals surface area contributed by atoms with Crippen molar-refractivity contribution in [3.05, 3.63) is 70.8 Å². The molecular weight excluding hydrogens is 390 g/mol. The van der Waals surface area contributed by atoms with Crippen LogP contribution in [0.5, 0.6) is 0 Å². The zero-order valence-electron chi connectivity index (χ0n) is 18.0. The quantitative estimate of drug-likeness (QED) is 0.668. The number of hydrogen-bond acceptors (Lipinski definition) is 3. The number of carbonyl (C=O) groups is 3. The lowest BCUT2D eigenvalue weighted by Crippen LogP contribution is -2.35. The molecule has 1 fully saturated rings. The van der Waals surface area contributed by atoms with Crippen LogP contribution in [-0.4, -0.2) is 47.2 Å². The first kappa shape index (κ1) is 21.1. The van der Waals surface area contributed by atoms with Crippen molar-refractivity contribution in [1.29, 1.82) is 0 Å². The highest BCUT2D eigenvalue weighted by Crippen LogP contribution is 2.33. The topological polar surface area (TPSA) is 69.7 Å². The van der Waals surface area contributed by atoms with Crippen molar-refractivity contribution in [3.63, 3.8) is 0 Å². The van der Waals surface area contributed by atoms with Gasteiger partial charge in [-0.15, -0.1) is 0 Å². The number of amides is 3. The molecule has 2 aromatic carbocycles. The second-order valence-electron chi connectivity index (χ2n) is 8.41. The van der Waals surface area contributed by atoms with Gasteiger partial charge in [-0.3, -0.25) is 14.4 Å². The molecule has 4 rings (SSSR count). The fourth-order valence-electron chi connectivity index (χ4n) is 4.41. The third kappa shape index (κ3) is 4.79. The van der Waals surface area contributed by atoms with Crippen molar-refractivity contribution in [1.82, 2.24) is 15.1 Å². The maximum absolute atomic E-state index is 13.1. The number of likely N-dealkylation sites (tertiary alicyclic amines) is 1. The molecule has 1 N–H and O–H groups in total. The largest absolute Gasteiger partial charge is 0.356 e. The first-order valence-corrected chi connectivity index (χ1v) is 11.0. The first-order valence-electron chi connectivity index (χ1n) is 11.0. The monoisotopic (exact) mass is 419 g/mol. The van der Waals surface area contributed by atoms with Gasteiger partial charge in [-0.1, -0.05) is 48.0 Å². The minimum absolute atomic E-state index is 0.0264. The molecule has 3 amide bonds. The van der Waals surface area contributed by atoms with Crippen LogP contribution < -0.4 is 5.32 Å². The summed E-state index contributed by atoms with van der Waals surface area (Å²) in [5.74, 6) is 0.0986. The van der Waals surface area contributed by atoms with Gasteiger partial charge in [0.05, 0.1) is 12.5 Å². The summed E-state index contributed by atoms with van der Waals surface area (Å²) in [4.78, 5) is 41.2. The van der Waals surface area contributed by atoms with Crippen LogP contribution in [0.4, 0.5) is 0 Å². The third-order valence-electron chi connectivity index (χ3n) is 6.16. The van der Waals surface area contributed by atoms with Crippen molar-refractivity contribution in [3.8, 4) is 0 Å². The number of benzene rings is 2. The summed E-state index contributed by atoms with van der Waals surface area (Å²) in [6.07, 6.45) is 2.51. The Labute approximate surface area is 183 Å². The highest BCUT2D eigenvalue weighted by Gasteiger charge is 2.34. The fourth-order valence-corrected chi connectivity index (χ4v) is 4.41. The van der Waals surface area contributed by atoms with Gasteiger partial charge < -0.3 is 15.1 Å². The molecular formula is C25H29N3O3. The van der Waals surface area contributed by atoms with E-state index in [9.17, 15) is 14.4 Å². The summed E-state index contributed by atoms with van der Waals surface area (Å²) in [7, 11) is 0. The molecule has 0 aromatic heterocycles. The number of hydrogen-bond donors (Lipinski definition) is 1. The van der Waals surface area contributed by atoms with Crippen molar-refractivity contribution in [2.75, 3.05) is 19.6 Å². The number of aryl methyl sites for hydroxylation is 1. The van der Waals surface area contributed by atoms with Gasteiger partial charge in [0.15, 0.2) is 0 Å². The van der Waals surface area contributed by atoms with Crippen molar-refractivity contribution in [2.24, 2.45) is 0 Å². The normalized spacial score (nSPS) is 16.5. The van der Waals surface area contributed by atoms with Gasteiger partial charge in [0.25, 0.3) is 5.91 Å². The Bertz CT molecular complexity index is 970. The molecule has 0 saturated carbocycles. The number of fused-ring (bicyclic) bond motifs is 1. The Balaban J connectivity index is 1.40. The third-order valence-corrected chi connectivity index (χ3v) is 6.16. The summed E-state index contributed by atoms with van der Waals surface area (Å²) in [5.41, 5.74) is 3.82. The lowest BCUT2D eigenvalue weighted by molar-refractivity contribution is -0.127. The lowest BCUT2D eigenvalue weighted by atomic mass is 10.00. The Morgan fingerprint density at radius 1 is 1.10 bits per heavy atom. The molecule has 0 bridgehead atoms. The molecule has 31 heavy (non-hydrogen) atoms. The molecule has 6 nitrogen and oxygen atoms in total. The summed E-state index contributed by atoms with van der Waals surface area (Å²) in [6, 6.07) is 15.4. The van der Waals surface area contributed by atoms with Crippen LogP contribution in [0, 0.1) is 6.92 Å². The molecule has 0 unspecified atom stereocenters. The van der Waals surface area contributed by atoms with E-state index >= 15 is 0 Å². The molecule has 6 heteroatoms. The van der Waals surface area contributed by atoms with E-state index in [1.54, 1.807) is 4.90 Å². The molecule has 0 radical (unpaired) electrons. The molecule has 1 atom stereocenters. The van der Waals surface area contributed by atoms with Crippen LogP contribution >= 0.6 is 0 Å². The first-order chi connectivity index (χ1) is 15.0. The van der Waals surface area contributed by atoms with Crippen LogP contribution in [0.25, 0.3) is 0 Å². The summed E-state index contributed by atoms with van der Waals surface area (Å²) < 4.78 is 0. The van der Waals surface area contributed by atoms with Gasteiger partial charge in [0.2, 0.25) is 11.8 Å². The predicted molar refractivity (Wildman–Crippen MR) is 118 cm³/mol. The second kappa shape index (κ2) is 9.33. The summed E-state index contributed by atoms with van der Waals surface area (Å²) >= 11 is 0. The predicted octanol–water partition coefficient (Wildman–Crippen LogP) is 3.21. The molecule has 0 spiro atoms. The van der Waals surface area contributed by atoms with Gasteiger partial charge in [0, 0.05) is 38.2 Å². The van der Waals surface area contributed by atoms with Gasteiger partial charge in [-0.2, -0.15) is 0 Å². The van der Waals surface area contributed by atoms with Gasteiger partial charge in [-0.25, -0.2) is 0 Å². The second-order valence-corrected chi connectivity index (χ2v) is 8.41. The van der Waals surface area contributed by atoms with Crippen LogP contribution in [0.1, 0.15) is 58.8 Å². The van der Waals surface area contributed by atoms with E-state index in [1.165, 1.54) is 0 Å². The van der Waals surface area contributed by atoms with Crippen molar-refractivity contribution >= 4 is 17.7 Å². The standard InChI is InChI=1S/C25H29N3O3/c1-18-9-11-19(12-10-18)22(28-17-20-6-2-3-7-21(20)25(28)31)16-23(29)26-13-5-15-27-14-4-8-24(27)30/h2-3,6-7,9-12,22H,4-5,8,13-17H2,1H3,(H,26,29)/t22-/m0/s1. The summed E-state index contributed by atoms with van der Waals surface area (Å²) in [6.45, 7) is 4.56. The Morgan fingerprint density at radius 2 is 1.87 bits per heavy atom. The Morgan fingerprint density at radius 3 is 2.58 bits per heavy atom. The molecule has 2 aromatic rings. The van der Waals surface area contributed by atoms with Crippen LogP contribution in [0.15, 0.2) is 48.5 Å². The zero-order valence-corrected chi connectivity index (χ0v) is 18.0. The maximum Gasteiger partial charge on any atom is 0.255 e. The number of nitrogens with zero attached hydrogens (tertiary/aromatic N) is 2. The van der Waals surface area contributed by atoms with Gasteiger partial charge in [-0.05, 0) is 37.0 Å². The molecule has 1 saturated heterocycles. The van der Waals surface area contributed by atoms with Crippen LogP contribution in [0.3, 0.4) is 0 Å². The minimum Gasteiger partial charge on any atom is -0.356 e. The number of nitrogens with one attached hydrogen (secondary N) is 1. The van der Waals surface area contributed by atoms with Crippen LogP contribution in [0.2, 0.25) is 0 Å². The van der Waals surface area contributed by atoms with Gasteiger partial charge in [0.1, 0.15) is 0 Å². The van der Waals surface area contributed by atoms with E-state index in [0.717, 1.165) is 41.6 Å². The van der Waals surface area contributed by atoms with E-state index in [0.29, 0.717) is 26.1 Å². The van der Waals surface area contributed by atoms with E-state index in [-0.39, 0.29) is 30.2 Å². The van der Waals surface area contributed by atoms with Crippen molar-refractivity contribution in [2.45, 2.75) is 45.2 Å². The Hall–Kier alpha value is -3.15. The SMILES string of the molecule is Cc1ccc([C@H](CC(=O)NCCCN2CCCC2=O)N2Cc3ccccc3C2=O)cc1. The highest BCUT2D eigenvalue weighted by atomic mass is 16.2. The van der Waals surface area contributed by atoms with E-state index in [2.05, 4.69) is 5.32 Å². The number of carbonyl (C=O) groups excluding carboxylic acids is 3. The van der Waals surface area contributed by atoms with Gasteiger partial charge >= 0.3 is 0 Å². The lowest BCUT2D eigenvalue weighted by Gasteiger charge is -2.28. The number of rotatable bonds is 8. The smallest absolute Gasteiger partial charge is 0.255 e. The van der Waals surface area contributed by atoms with Crippen molar-refractivity contribution < 1.29 is 14.4 Å². The average Bonchev–Trinajstić information content (AvgIpc) is 3.33. The molecule has 2 aliphatic heterocycles. The van der Waals surface area contributed by atoms with E-state index in [4.69, 9.17) is 0 Å². The molecule has 2 heterocycles. The Kier molecular flexibility index (Phi) is 6.35. The highest BCUT2D eigenvalue weighted by molar-refractivity contribution is 5.98. The zero-order chi connectivity index (χ0) is 21.8. The summed E-state index contributed by atoms with van der Waals surface area (Å²) in [5, 5.41) is 2.98. The minimum atomic E-state index is -0.319. The molecule has 2 aliphatic rings. The fraction of sp³-hybridized carbons (Fsp3) is 0.400. The molecule has 0 aliphatic carbocycles. The van der Waals surface area contributed by atoms with E-state index < -0.39 is 0 Å². The van der Waals surface area contributed by atoms with E-state index in [1.807, 2.05) is 60.4 Å². The maximum atomic E-state index is 13.1.